The fraction of sp³-hybridized carbons (Fsp3) is 0.400. The third kappa shape index (κ3) is 2.51. The second kappa shape index (κ2) is 4.99. The van der Waals surface area contributed by atoms with Crippen LogP contribution in [0.4, 0.5) is 13.2 Å². The van der Waals surface area contributed by atoms with Gasteiger partial charge in [-0.15, -0.1) is 0 Å². The lowest BCUT2D eigenvalue weighted by Gasteiger charge is -2.21. The van der Waals surface area contributed by atoms with Crippen molar-refractivity contribution in [1.82, 2.24) is 0 Å². The zero-order chi connectivity index (χ0) is 15.2. The van der Waals surface area contributed by atoms with E-state index in [1.165, 1.54) is 6.07 Å². The van der Waals surface area contributed by atoms with Crippen LogP contribution in [0.2, 0.25) is 0 Å². The fourth-order valence-corrected chi connectivity index (χ4v) is 4.86. The number of fused-ring (bicyclic) bond motifs is 2. The largest absolute Gasteiger partial charge is 0.416 e. The highest BCUT2D eigenvalue weighted by Gasteiger charge is 2.37. The highest BCUT2D eigenvalue weighted by molar-refractivity contribution is 7.86. The Bertz CT molecular complexity index is 687. The maximum absolute atomic E-state index is 12.8. The molecule has 21 heavy (non-hydrogen) atoms. The minimum absolute atomic E-state index is 0.0103. The fourth-order valence-electron chi connectivity index (χ4n) is 2.99. The molecule has 3 atom stereocenters. The minimum atomic E-state index is -4.43. The summed E-state index contributed by atoms with van der Waals surface area (Å²) >= 11 is 0. The predicted octanol–water partition coefficient (Wildman–Crippen LogP) is 3.64. The Balaban J connectivity index is 2.08. The number of nitriles is 1. The smallest absolute Gasteiger partial charge is 0.259 e. The van der Waals surface area contributed by atoms with Crippen molar-refractivity contribution in [2.24, 2.45) is 0 Å². The number of benzene rings is 1. The summed E-state index contributed by atoms with van der Waals surface area (Å²) in [6, 6.07) is 5.13. The van der Waals surface area contributed by atoms with Gasteiger partial charge in [-0.2, -0.15) is 18.4 Å². The molecule has 0 radical (unpaired) electrons. The molecule has 0 aromatic heterocycles. The molecule has 3 unspecified atom stereocenters. The van der Waals surface area contributed by atoms with E-state index in [0.717, 1.165) is 30.5 Å². The van der Waals surface area contributed by atoms with Crippen LogP contribution in [0, 0.1) is 11.3 Å². The lowest BCUT2D eigenvalue weighted by Crippen LogP contribution is -2.20. The lowest BCUT2D eigenvalue weighted by atomic mass is 9.94. The molecule has 2 heterocycles. The van der Waals surface area contributed by atoms with Crippen molar-refractivity contribution < 1.29 is 17.4 Å². The van der Waals surface area contributed by atoms with E-state index in [-0.39, 0.29) is 16.1 Å². The highest BCUT2D eigenvalue weighted by Crippen LogP contribution is 2.40. The van der Waals surface area contributed by atoms with Gasteiger partial charge in [-0.3, -0.25) is 4.21 Å². The summed E-state index contributed by atoms with van der Waals surface area (Å²) in [5, 5.41) is 9.05. The summed E-state index contributed by atoms with van der Waals surface area (Å²) in [5.74, 6) is 0. The molecule has 110 valence electrons. The quantitative estimate of drug-likeness (QED) is 0.794. The Hall–Kier alpha value is -1.61. The van der Waals surface area contributed by atoms with E-state index in [2.05, 4.69) is 0 Å². The number of halogens is 3. The van der Waals surface area contributed by atoms with Crippen LogP contribution in [-0.4, -0.2) is 14.7 Å². The summed E-state index contributed by atoms with van der Waals surface area (Å²) in [6.45, 7) is 0. The van der Waals surface area contributed by atoms with Gasteiger partial charge in [0.1, 0.15) is 0 Å². The minimum Gasteiger partial charge on any atom is -0.259 e. The Labute approximate surface area is 122 Å². The predicted molar refractivity (Wildman–Crippen MR) is 73.7 cm³/mol. The van der Waals surface area contributed by atoms with Crippen molar-refractivity contribution >= 4 is 16.4 Å². The average Bonchev–Trinajstić information content (AvgIpc) is 2.66. The third-order valence-electron chi connectivity index (χ3n) is 4.05. The molecule has 1 fully saturated rings. The van der Waals surface area contributed by atoms with E-state index in [0.29, 0.717) is 12.0 Å². The molecule has 0 saturated carbocycles. The first-order valence-corrected chi connectivity index (χ1v) is 7.89. The number of nitrogens with zero attached hydrogens (tertiary/aromatic N) is 1. The summed E-state index contributed by atoms with van der Waals surface area (Å²) in [7, 11) is -0.926. The summed E-state index contributed by atoms with van der Waals surface area (Å²) < 4.78 is 50.5. The number of hydrogen-bond acceptors (Lipinski definition) is 2. The van der Waals surface area contributed by atoms with E-state index in [1.807, 2.05) is 6.07 Å². The topological polar surface area (TPSA) is 40.9 Å². The number of alkyl halides is 3. The highest BCUT2D eigenvalue weighted by atomic mass is 32.2. The van der Waals surface area contributed by atoms with Crippen molar-refractivity contribution in [2.45, 2.75) is 35.9 Å². The monoisotopic (exact) mass is 311 g/mol. The molecule has 0 N–H and O–H groups in total. The molecular formula is C15H12F3NOS. The molecule has 6 heteroatoms. The van der Waals surface area contributed by atoms with Gasteiger partial charge in [-0.1, -0.05) is 6.08 Å². The van der Waals surface area contributed by atoms with Crippen LogP contribution in [-0.2, 0) is 17.0 Å². The first kappa shape index (κ1) is 14.3. The van der Waals surface area contributed by atoms with Crippen molar-refractivity contribution in [3.05, 3.63) is 41.0 Å². The molecule has 3 rings (SSSR count). The van der Waals surface area contributed by atoms with E-state index < -0.39 is 22.5 Å². The lowest BCUT2D eigenvalue weighted by molar-refractivity contribution is -0.137. The molecule has 0 amide bonds. The zero-order valence-electron chi connectivity index (χ0n) is 11.0. The molecule has 2 aliphatic rings. The SMILES string of the molecule is N#Cc1ccc(C(F)(F)F)cc1C1=CC2CCC(C1)S2=O. The molecule has 2 bridgehead atoms. The van der Waals surface area contributed by atoms with Gasteiger partial charge in [0.05, 0.1) is 22.4 Å². The normalized spacial score (nSPS) is 28.1. The molecule has 1 aromatic carbocycles. The molecule has 1 aromatic rings. The van der Waals surface area contributed by atoms with Gasteiger partial charge in [0, 0.05) is 16.0 Å². The zero-order valence-corrected chi connectivity index (χ0v) is 11.8. The van der Waals surface area contributed by atoms with Gasteiger partial charge in [-0.25, -0.2) is 0 Å². The molecule has 0 aliphatic carbocycles. The Morgan fingerprint density at radius 1 is 1.29 bits per heavy atom. The molecule has 2 nitrogen and oxygen atoms in total. The number of hydrogen-bond donors (Lipinski definition) is 0. The Morgan fingerprint density at radius 2 is 2.05 bits per heavy atom. The molecule has 0 spiro atoms. The van der Waals surface area contributed by atoms with Gasteiger partial charge in [0.2, 0.25) is 0 Å². The van der Waals surface area contributed by atoms with Crippen LogP contribution >= 0.6 is 0 Å². The summed E-state index contributed by atoms with van der Waals surface area (Å²) in [5.41, 5.74) is 0.545. The van der Waals surface area contributed by atoms with Crippen LogP contribution in [0.3, 0.4) is 0 Å². The maximum Gasteiger partial charge on any atom is 0.416 e. The number of rotatable bonds is 1. The van der Waals surface area contributed by atoms with Crippen LogP contribution in [0.25, 0.3) is 5.57 Å². The van der Waals surface area contributed by atoms with Crippen molar-refractivity contribution in [3.63, 3.8) is 0 Å². The van der Waals surface area contributed by atoms with Gasteiger partial charge >= 0.3 is 6.18 Å². The van der Waals surface area contributed by atoms with Crippen LogP contribution < -0.4 is 0 Å². The van der Waals surface area contributed by atoms with Gasteiger partial charge in [0.15, 0.2) is 0 Å². The Kier molecular flexibility index (Phi) is 3.40. The third-order valence-corrected chi connectivity index (χ3v) is 6.08. The first-order valence-electron chi connectivity index (χ1n) is 6.62. The van der Waals surface area contributed by atoms with Gasteiger partial charge in [0.25, 0.3) is 0 Å². The molecular weight excluding hydrogens is 299 g/mol. The van der Waals surface area contributed by atoms with E-state index in [9.17, 15) is 17.4 Å². The number of allylic oxidation sites excluding steroid dienone is 1. The Morgan fingerprint density at radius 3 is 2.67 bits per heavy atom. The molecule has 2 aliphatic heterocycles. The van der Waals surface area contributed by atoms with Crippen molar-refractivity contribution in [1.29, 1.82) is 5.26 Å². The van der Waals surface area contributed by atoms with Gasteiger partial charge in [-0.05, 0) is 48.6 Å². The first-order chi connectivity index (χ1) is 9.90. The second-order valence-corrected chi connectivity index (χ2v) is 7.26. The van der Waals surface area contributed by atoms with E-state index in [4.69, 9.17) is 5.26 Å². The van der Waals surface area contributed by atoms with Gasteiger partial charge < -0.3 is 0 Å². The van der Waals surface area contributed by atoms with Crippen molar-refractivity contribution in [2.75, 3.05) is 0 Å². The molecule has 1 saturated heterocycles. The van der Waals surface area contributed by atoms with E-state index >= 15 is 0 Å². The van der Waals surface area contributed by atoms with Crippen LogP contribution in [0.5, 0.6) is 0 Å². The second-order valence-electron chi connectivity index (χ2n) is 5.33. The maximum atomic E-state index is 12.8. The standard InChI is InChI=1S/C15H12F3NOS/c16-15(17,18)11-2-1-9(8-19)14(7-11)10-5-12-3-4-13(6-10)21(12)20/h1-2,5,7,12-13H,3-4,6H2. The van der Waals surface area contributed by atoms with Crippen LogP contribution in [0.15, 0.2) is 24.3 Å². The summed E-state index contributed by atoms with van der Waals surface area (Å²) in [6.07, 6.45) is -0.505. The van der Waals surface area contributed by atoms with Crippen LogP contribution in [0.1, 0.15) is 36.0 Å². The van der Waals surface area contributed by atoms with Crippen molar-refractivity contribution in [3.8, 4) is 6.07 Å². The summed E-state index contributed by atoms with van der Waals surface area (Å²) in [4.78, 5) is 0. The average molecular weight is 311 g/mol. The van der Waals surface area contributed by atoms with E-state index in [1.54, 1.807) is 6.08 Å².